The fourth-order valence-corrected chi connectivity index (χ4v) is 8.10. The summed E-state index contributed by atoms with van der Waals surface area (Å²) in [5.41, 5.74) is 1.67. The van der Waals surface area contributed by atoms with Crippen LogP contribution < -0.4 is 15.4 Å². The number of thioether (sulfide) groups is 1. The van der Waals surface area contributed by atoms with Crippen LogP contribution in [-0.2, 0) is 4.79 Å². The van der Waals surface area contributed by atoms with Crippen LogP contribution in [0.2, 0.25) is 0 Å². The molecule has 2 aromatic carbocycles. The van der Waals surface area contributed by atoms with E-state index in [1.807, 2.05) is 48.5 Å². The Hall–Kier alpha value is -2.47. The van der Waals surface area contributed by atoms with Crippen molar-refractivity contribution in [2.75, 3.05) is 12.4 Å². The number of rotatable bonds is 6. The van der Waals surface area contributed by atoms with Crippen LogP contribution in [0.4, 0.5) is 0 Å². The largest absolute Gasteiger partial charge is 0.493 e. The molecule has 5 aliphatic rings. The molecule has 4 fully saturated rings. The van der Waals surface area contributed by atoms with E-state index in [-0.39, 0.29) is 23.4 Å². The molecule has 4 bridgehead atoms. The van der Waals surface area contributed by atoms with Crippen molar-refractivity contribution in [3.63, 3.8) is 0 Å². The smallest absolute Gasteiger partial charge is 0.252 e. The first-order chi connectivity index (χ1) is 16.6. The zero-order valence-electron chi connectivity index (χ0n) is 19.4. The first kappa shape index (κ1) is 22.0. The topological polar surface area (TPSA) is 67.4 Å². The predicted molar refractivity (Wildman–Crippen MR) is 133 cm³/mol. The molecule has 0 aromatic heterocycles. The summed E-state index contributed by atoms with van der Waals surface area (Å²) in [6, 6.07) is 15.4. The lowest BCUT2D eigenvalue weighted by Crippen LogP contribution is -2.60. The molecule has 2 aromatic rings. The second-order valence-corrected chi connectivity index (χ2v) is 11.7. The Morgan fingerprint density at radius 1 is 0.941 bits per heavy atom. The Labute approximate surface area is 205 Å². The van der Waals surface area contributed by atoms with E-state index in [1.165, 1.54) is 31.0 Å². The highest BCUT2D eigenvalue weighted by Gasteiger charge is 2.51. The third-order valence-corrected chi connectivity index (χ3v) is 9.27. The van der Waals surface area contributed by atoms with Crippen LogP contribution in [0.1, 0.15) is 66.9 Å². The number of nitrogens with one attached hydrogen (secondary N) is 2. The van der Waals surface area contributed by atoms with Gasteiger partial charge in [-0.05, 0) is 74.5 Å². The zero-order chi connectivity index (χ0) is 23.1. The summed E-state index contributed by atoms with van der Waals surface area (Å²) in [6.45, 7) is 0.586. The molecular weight excluding hydrogens is 444 g/mol. The minimum Gasteiger partial charge on any atom is -0.493 e. The third kappa shape index (κ3) is 4.33. The van der Waals surface area contributed by atoms with Crippen LogP contribution in [-0.4, -0.2) is 29.7 Å². The highest BCUT2D eigenvalue weighted by atomic mass is 32.2. The molecule has 1 aliphatic heterocycles. The molecule has 4 saturated carbocycles. The first-order valence-corrected chi connectivity index (χ1v) is 13.6. The van der Waals surface area contributed by atoms with Crippen molar-refractivity contribution in [1.29, 1.82) is 0 Å². The number of benzene rings is 2. The summed E-state index contributed by atoms with van der Waals surface area (Å²) in [6.07, 6.45) is 8.30. The molecule has 6 heteroatoms. The first-order valence-electron chi connectivity index (χ1n) is 12.6. The van der Waals surface area contributed by atoms with Crippen LogP contribution in [0.15, 0.2) is 53.4 Å². The van der Waals surface area contributed by atoms with Crippen LogP contribution >= 0.6 is 11.8 Å². The number of para-hydroxylation sites is 1. The van der Waals surface area contributed by atoms with E-state index in [2.05, 4.69) is 10.6 Å². The second-order valence-electron chi connectivity index (χ2n) is 10.7. The van der Waals surface area contributed by atoms with E-state index >= 15 is 0 Å². The average Bonchev–Trinajstić information content (AvgIpc) is 2.82. The number of hydrogen-bond acceptors (Lipinski definition) is 4. The van der Waals surface area contributed by atoms with Crippen molar-refractivity contribution in [1.82, 2.24) is 10.6 Å². The van der Waals surface area contributed by atoms with E-state index < -0.39 is 0 Å². The number of carbonyl (C=O) groups is 2. The molecule has 0 saturated heterocycles. The molecule has 178 valence electrons. The van der Waals surface area contributed by atoms with Crippen LogP contribution in [0.25, 0.3) is 0 Å². The van der Waals surface area contributed by atoms with Gasteiger partial charge in [0.15, 0.2) is 0 Å². The minimum absolute atomic E-state index is 0.0275. The molecule has 0 spiro atoms. The Kier molecular flexibility index (Phi) is 5.80. The number of carbonyl (C=O) groups excluding carboxylic acids is 2. The van der Waals surface area contributed by atoms with Crippen LogP contribution in [0.3, 0.4) is 0 Å². The van der Waals surface area contributed by atoms with Crippen LogP contribution in [0, 0.1) is 17.8 Å². The van der Waals surface area contributed by atoms with E-state index in [1.54, 1.807) is 0 Å². The molecule has 1 heterocycles. The summed E-state index contributed by atoms with van der Waals surface area (Å²) in [7, 11) is 0. The minimum atomic E-state index is -0.105. The van der Waals surface area contributed by atoms with Crippen molar-refractivity contribution < 1.29 is 14.3 Å². The van der Waals surface area contributed by atoms with E-state index in [9.17, 15) is 9.59 Å². The molecule has 1 unspecified atom stereocenters. The average molecular weight is 477 g/mol. The fourth-order valence-electron chi connectivity index (χ4n) is 7.25. The maximum Gasteiger partial charge on any atom is 0.252 e. The highest BCUT2D eigenvalue weighted by molar-refractivity contribution is 8.00. The molecule has 5 nitrogen and oxygen atoms in total. The normalized spacial score (nSPS) is 30.8. The molecule has 2 amide bonds. The van der Waals surface area contributed by atoms with Gasteiger partial charge in [0.1, 0.15) is 5.75 Å². The van der Waals surface area contributed by atoms with Gasteiger partial charge in [-0.3, -0.25) is 9.59 Å². The maximum atomic E-state index is 13.2. The Morgan fingerprint density at radius 2 is 1.62 bits per heavy atom. The quantitative estimate of drug-likeness (QED) is 0.568. The highest BCUT2D eigenvalue weighted by Crippen LogP contribution is 2.55. The van der Waals surface area contributed by atoms with Gasteiger partial charge in [0.05, 0.1) is 24.0 Å². The van der Waals surface area contributed by atoms with Gasteiger partial charge in [0.2, 0.25) is 5.91 Å². The molecule has 4 aliphatic carbocycles. The molecule has 1 atom stereocenters. The maximum absolute atomic E-state index is 13.2. The Balaban J connectivity index is 1.10. The van der Waals surface area contributed by atoms with Gasteiger partial charge in [-0.1, -0.05) is 30.3 Å². The molecular formula is C28H32N2O3S. The molecule has 0 radical (unpaired) electrons. The van der Waals surface area contributed by atoms with Gasteiger partial charge >= 0.3 is 0 Å². The SMILES string of the molecule is O=C(CSc1ccccc1C(=O)NC1CCOc2ccccc21)NC12CC3CC(CC(C3)C1)C2. The number of amides is 2. The molecule has 7 rings (SSSR count). The van der Waals surface area contributed by atoms with Gasteiger partial charge in [-0.2, -0.15) is 0 Å². The third-order valence-electron chi connectivity index (χ3n) is 8.20. The standard InChI is InChI=1S/C28H32N2O3S/c31-26(30-28-14-18-11-19(15-28)13-20(12-18)16-28)17-34-25-8-4-2-6-22(25)27(32)29-23-9-10-33-24-7-3-1-5-21(23)24/h1-8,18-20,23H,9-17H2,(H,29,32)(H,30,31). The van der Waals surface area contributed by atoms with Crippen molar-refractivity contribution in [3.05, 3.63) is 59.7 Å². The monoisotopic (exact) mass is 476 g/mol. The fraction of sp³-hybridized carbons (Fsp3) is 0.500. The number of ether oxygens (including phenoxy) is 1. The lowest BCUT2D eigenvalue weighted by atomic mass is 9.53. The molecule has 34 heavy (non-hydrogen) atoms. The van der Waals surface area contributed by atoms with Crippen molar-refractivity contribution >= 4 is 23.6 Å². The van der Waals surface area contributed by atoms with Gasteiger partial charge in [0.25, 0.3) is 5.91 Å². The second kappa shape index (κ2) is 8.95. The van der Waals surface area contributed by atoms with E-state index in [4.69, 9.17) is 4.74 Å². The lowest BCUT2D eigenvalue weighted by Gasteiger charge is -2.56. The zero-order valence-corrected chi connectivity index (χ0v) is 20.2. The Bertz CT molecular complexity index is 1070. The van der Waals surface area contributed by atoms with E-state index in [0.717, 1.165) is 59.6 Å². The van der Waals surface area contributed by atoms with Gasteiger partial charge in [-0.25, -0.2) is 0 Å². The Morgan fingerprint density at radius 3 is 2.38 bits per heavy atom. The molecule has 2 N–H and O–H groups in total. The number of fused-ring (bicyclic) bond motifs is 1. The van der Waals surface area contributed by atoms with Crippen LogP contribution in [0.5, 0.6) is 5.75 Å². The van der Waals surface area contributed by atoms with Crippen molar-refractivity contribution in [3.8, 4) is 5.75 Å². The van der Waals surface area contributed by atoms with Gasteiger partial charge < -0.3 is 15.4 Å². The lowest BCUT2D eigenvalue weighted by molar-refractivity contribution is -0.124. The predicted octanol–water partition coefficient (Wildman–Crippen LogP) is 5.12. The summed E-state index contributed by atoms with van der Waals surface area (Å²) in [5, 5.41) is 6.64. The van der Waals surface area contributed by atoms with E-state index in [0.29, 0.717) is 17.9 Å². The van der Waals surface area contributed by atoms with Crippen molar-refractivity contribution in [2.24, 2.45) is 17.8 Å². The summed E-state index contributed by atoms with van der Waals surface area (Å²) < 4.78 is 5.73. The number of hydrogen-bond donors (Lipinski definition) is 2. The van der Waals surface area contributed by atoms with Gasteiger partial charge in [-0.15, -0.1) is 11.8 Å². The summed E-state index contributed by atoms with van der Waals surface area (Å²) in [4.78, 5) is 27.1. The van der Waals surface area contributed by atoms with Crippen molar-refractivity contribution in [2.45, 2.75) is 61.4 Å². The summed E-state index contributed by atoms with van der Waals surface area (Å²) in [5.74, 6) is 3.58. The van der Waals surface area contributed by atoms with Gasteiger partial charge in [0, 0.05) is 22.4 Å². The summed E-state index contributed by atoms with van der Waals surface area (Å²) >= 11 is 1.46.